The van der Waals surface area contributed by atoms with E-state index in [4.69, 9.17) is 0 Å². The lowest BCUT2D eigenvalue weighted by atomic mass is 10.5. The average Bonchev–Trinajstić information content (AvgIpc) is 2.97. The predicted octanol–water partition coefficient (Wildman–Crippen LogP) is 0.688. The van der Waals surface area contributed by atoms with Crippen molar-refractivity contribution in [2.24, 2.45) is 0 Å². The molecule has 3 heterocycles. The van der Waals surface area contributed by atoms with Gasteiger partial charge in [-0.3, -0.25) is 0 Å². The van der Waals surface area contributed by atoms with Crippen molar-refractivity contribution >= 4 is 17.1 Å². The molecular formula is C9H9N7. The summed E-state index contributed by atoms with van der Waals surface area (Å²) in [5.41, 5.74) is 2.46. The SMILES string of the molecule is c1ncc(CNc2ncc3[nH]cnc3n2)[nH]1. The fourth-order valence-electron chi connectivity index (χ4n) is 1.38. The summed E-state index contributed by atoms with van der Waals surface area (Å²) in [5.74, 6) is 0.550. The molecule has 0 fully saturated rings. The molecule has 0 saturated heterocycles. The Morgan fingerprint density at radius 1 is 1.12 bits per heavy atom. The molecule has 3 aromatic heterocycles. The third kappa shape index (κ3) is 1.58. The zero-order chi connectivity index (χ0) is 10.8. The first-order chi connectivity index (χ1) is 7.92. The molecule has 80 valence electrons. The van der Waals surface area contributed by atoms with Crippen molar-refractivity contribution in [3.8, 4) is 0 Å². The first-order valence-corrected chi connectivity index (χ1v) is 4.79. The first kappa shape index (κ1) is 8.84. The van der Waals surface area contributed by atoms with Crippen LogP contribution in [0.5, 0.6) is 0 Å². The lowest BCUT2D eigenvalue weighted by molar-refractivity contribution is 1.03. The lowest BCUT2D eigenvalue weighted by Crippen LogP contribution is -2.03. The summed E-state index contributed by atoms with van der Waals surface area (Å²) in [6.07, 6.45) is 6.68. The van der Waals surface area contributed by atoms with Gasteiger partial charge in [0.15, 0.2) is 5.65 Å². The van der Waals surface area contributed by atoms with Crippen LogP contribution >= 0.6 is 0 Å². The average molecular weight is 215 g/mol. The number of nitrogens with one attached hydrogen (secondary N) is 3. The Kier molecular flexibility index (Phi) is 1.99. The van der Waals surface area contributed by atoms with E-state index in [-0.39, 0.29) is 0 Å². The zero-order valence-corrected chi connectivity index (χ0v) is 8.31. The molecule has 0 aliphatic rings. The highest BCUT2D eigenvalue weighted by Crippen LogP contribution is 2.07. The van der Waals surface area contributed by atoms with Gasteiger partial charge in [-0.05, 0) is 0 Å². The second kappa shape index (κ2) is 3.61. The van der Waals surface area contributed by atoms with Gasteiger partial charge in [-0.1, -0.05) is 0 Å². The van der Waals surface area contributed by atoms with Crippen LogP contribution in [0.3, 0.4) is 0 Å². The molecule has 7 nitrogen and oxygen atoms in total. The minimum atomic E-state index is 0.550. The maximum atomic E-state index is 4.24. The van der Waals surface area contributed by atoms with Crippen molar-refractivity contribution < 1.29 is 0 Å². The number of nitrogens with zero attached hydrogens (tertiary/aromatic N) is 4. The molecule has 0 bridgehead atoms. The van der Waals surface area contributed by atoms with Crippen LogP contribution in [0.15, 0.2) is 25.0 Å². The highest BCUT2D eigenvalue weighted by atomic mass is 15.1. The topological polar surface area (TPSA) is 95.2 Å². The third-order valence-corrected chi connectivity index (χ3v) is 2.17. The molecule has 0 aliphatic carbocycles. The molecule has 3 rings (SSSR count). The summed E-state index contributed by atoms with van der Waals surface area (Å²) in [5, 5.41) is 3.08. The van der Waals surface area contributed by atoms with Crippen LogP contribution in [0.4, 0.5) is 5.95 Å². The highest BCUT2D eigenvalue weighted by Gasteiger charge is 2.01. The molecule has 7 heteroatoms. The first-order valence-electron chi connectivity index (χ1n) is 4.79. The Labute approximate surface area is 90.4 Å². The van der Waals surface area contributed by atoms with Crippen LogP contribution < -0.4 is 5.32 Å². The second-order valence-electron chi connectivity index (χ2n) is 3.26. The van der Waals surface area contributed by atoms with Crippen LogP contribution in [0.1, 0.15) is 5.69 Å². The van der Waals surface area contributed by atoms with E-state index in [0.29, 0.717) is 18.1 Å². The standard InChI is InChI=1S/C9H9N7/c1-6(13-4-10-1)2-11-9-12-3-7-8(16-9)15-5-14-7/h1,3-5H,2H2,(H,10,13)(H2,11,12,14,15,16). The van der Waals surface area contributed by atoms with Crippen molar-refractivity contribution in [3.63, 3.8) is 0 Å². The Morgan fingerprint density at radius 2 is 2.12 bits per heavy atom. The number of fused-ring (bicyclic) bond motifs is 1. The van der Waals surface area contributed by atoms with Gasteiger partial charge in [0.05, 0.1) is 31.1 Å². The van der Waals surface area contributed by atoms with E-state index in [1.54, 1.807) is 25.0 Å². The van der Waals surface area contributed by atoms with Gasteiger partial charge in [0.1, 0.15) is 5.52 Å². The fraction of sp³-hybridized carbons (Fsp3) is 0.111. The summed E-state index contributed by atoms with van der Waals surface area (Å²) >= 11 is 0. The van der Waals surface area contributed by atoms with Crippen molar-refractivity contribution in [3.05, 3.63) is 30.7 Å². The summed E-state index contributed by atoms with van der Waals surface area (Å²) < 4.78 is 0. The summed E-state index contributed by atoms with van der Waals surface area (Å²) in [6, 6.07) is 0. The Balaban J connectivity index is 1.78. The predicted molar refractivity (Wildman–Crippen MR) is 57.6 cm³/mol. The number of imidazole rings is 2. The largest absolute Gasteiger partial charge is 0.349 e. The molecule has 16 heavy (non-hydrogen) atoms. The molecule has 0 amide bonds. The van der Waals surface area contributed by atoms with Gasteiger partial charge in [0, 0.05) is 6.20 Å². The molecule has 3 N–H and O–H groups in total. The van der Waals surface area contributed by atoms with Gasteiger partial charge < -0.3 is 15.3 Å². The summed E-state index contributed by atoms with van der Waals surface area (Å²) in [6.45, 7) is 0.607. The summed E-state index contributed by atoms with van der Waals surface area (Å²) in [4.78, 5) is 22.3. The van der Waals surface area contributed by atoms with Crippen LogP contribution in [-0.4, -0.2) is 29.9 Å². The third-order valence-electron chi connectivity index (χ3n) is 2.17. The van der Waals surface area contributed by atoms with E-state index in [1.807, 2.05) is 0 Å². The van der Waals surface area contributed by atoms with Crippen LogP contribution in [0.2, 0.25) is 0 Å². The van der Waals surface area contributed by atoms with Gasteiger partial charge in [-0.2, -0.15) is 4.98 Å². The Morgan fingerprint density at radius 3 is 3.00 bits per heavy atom. The molecule has 3 aromatic rings. The fourth-order valence-corrected chi connectivity index (χ4v) is 1.38. The molecule has 0 spiro atoms. The maximum Gasteiger partial charge on any atom is 0.225 e. The van der Waals surface area contributed by atoms with Crippen molar-refractivity contribution in [2.75, 3.05) is 5.32 Å². The number of aromatic nitrogens is 6. The van der Waals surface area contributed by atoms with Gasteiger partial charge in [0.25, 0.3) is 0 Å². The molecule has 0 aliphatic heterocycles. The molecule has 0 atom stereocenters. The van der Waals surface area contributed by atoms with E-state index in [2.05, 4.69) is 35.2 Å². The van der Waals surface area contributed by atoms with Crippen LogP contribution in [0.25, 0.3) is 11.2 Å². The van der Waals surface area contributed by atoms with Gasteiger partial charge >= 0.3 is 0 Å². The van der Waals surface area contributed by atoms with E-state index in [9.17, 15) is 0 Å². The van der Waals surface area contributed by atoms with E-state index >= 15 is 0 Å². The number of rotatable bonds is 3. The van der Waals surface area contributed by atoms with Crippen molar-refractivity contribution in [1.82, 2.24) is 29.9 Å². The quantitative estimate of drug-likeness (QED) is 0.597. The number of hydrogen-bond donors (Lipinski definition) is 3. The second-order valence-corrected chi connectivity index (χ2v) is 3.26. The number of anilines is 1. The number of hydrogen-bond acceptors (Lipinski definition) is 5. The number of H-pyrrole nitrogens is 2. The Hall–Kier alpha value is -2.44. The monoisotopic (exact) mass is 215 g/mol. The minimum absolute atomic E-state index is 0.550. The van der Waals surface area contributed by atoms with Gasteiger partial charge in [-0.25, -0.2) is 15.0 Å². The molecule has 0 radical (unpaired) electrons. The normalized spacial score (nSPS) is 10.8. The Bertz CT molecular complexity index is 583. The smallest absolute Gasteiger partial charge is 0.225 e. The highest BCUT2D eigenvalue weighted by molar-refractivity contribution is 5.69. The molecule has 0 aromatic carbocycles. The van der Waals surface area contributed by atoms with Crippen LogP contribution in [0, 0.1) is 0 Å². The van der Waals surface area contributed by atoms with Crippen LogP contribution in [-0.2, 0) is 6.54 Å². The molecule has 0 saturated carbocycles. The summed E-state index contributed by atoms with van der Waals surface area (Å²) in [7, 11) is 0. The minimum Gasteiger partial charge on any atom is -0.349 e. The van der Waals surface area contributed by atoms with E-state index in [1.165, 1.54) is 0 Å². The molecular weight excluding hydrogens is 206 g/mol. The van der Waals surface area contributed by atoms with E-state index in [0.717, 1.165) is 11.2 Å². The van der Waals surface area contributed by atoms with Crippen molar-refractivity contribution in [1.29, 1.82) is 0 Å². The maximum absolute atomic E-state index is 4.24. The van der Waals surface area contributed by atoms with E-state index < -0.39 is 0 Å². The number of aromatic amines is 2. The lowest BCUT2D eigenvalue weighted by Gasteiger charge is -2.01. The van der Waals surface area contributed by atoms with Gasteiger partial charge in [-0.15, -0.1) is 0 Å². The van der Waals surface area contributed by atoms with Gasteiger partial charge in [0.2, 0.25) is 5.95 Å². The van der Waals surface area contributed by atoms with Crippen molar-refractivity contribution in [2.45, 2.75) is 6.54 Å². The zero-order valence-electron chi connectivity index (χ0n) is 8.31. The molecule has 0 unspecified atom stereocenters.